The van der Waals surface area contributed by atoms with Crippen LogP contribution in [0.15, 0.2) is 16.8 Å². The van der Waals surface area contributed by atoms with Gasteiger partial charge in [0.15, 0.2) is 5.76 Å². The third-order valence-electron chi connectivity index (χ3n) is 2.52. The summed E-state index contributed by atoms with van der Waals surface area (Å²) in [5.74, 6) is 0.907. The van der Waals surface area contributed by atoms with Crippen LogP contribution >= 0.6 is 0 Å². The van der Waals surface area contributed by atoms with E-state index in [0.29, 0.717) is 6.54 Å². The van der Waals surface area contributed by atoms with E-state index in [9.17, 15) is 0 Å². The predicted octanol–water partition coefficient (Wildman–Crippen LogP) is 1.48. The summed E-state index contributed by atoms with van der Waals surface area (Å²) in [7, 11) is 0. The molecular formula is C11H21N3O. The fourth-order valence-corrected chi connectivity index (χ4v) is 1.49. The molecule has 1 heterocycles. The quantitative estimate of drug-likeness (QED) is 0.774. The fourth-order valence-electron chi connectivity index (χ4n) is 1.49. The molecule has 1 aromatic rings. The topological polar surface area (TPSA) is 55.3 Å². The van der Waals surface area contributed by atoms with Gasteiger partial charge in [-0.25, -0.2) is 0 Å². The Morgan fingerprint density at radius 3 is 2.73 bits per heavy atom. The third-order valence-corrected chi connectivity index (χ3v) is 2.52. The highest BCUT2D eigenvalue weighted by Crippen LogP contribution is 2.16. The second kappa shape index (κ2) is 5.28. The molecule has 0 aliphatic carbocycles. The molecule has 0 amide bonds. The Kier molecular flexibility index (Phi) is 4.29. The summed E-state index contributed by atoms with van der Waals surface area (Å²) in [6, 6.07) is 1.90. The summed E-state index contributed by atoms with van der Waals surface area (Å²) in [5, 5.41) is 3.70. The van der Waals surface area contributed by atoms with Crippen molar-refractivity contribution in [1.82, 2.24) is 10.1 Å². The van der Waals surface area contributed by atoms with Gasteiger partial charge in [-0.3, -0.25) is 4.90 Å². The van der Waals surface area contributed by atoms with Crippen LogP contribution in [0.2, 0.25) is 0 Å². The van der Waals surface area contributed by atoms with E-state index in [4.69, 9.17) is 10.3 Å². The number of nitrogens with zero attached hydrogens (tertiary/aromatic N) is 2. The molecule has 0 aromatic carbocycles. The average Bonchev–Trinajstić information content (AvgIpc) is 2.69. The summed E-state index contributed by atoms with van der Waals surface area (Å²) in [4.78, 5) is 2.31. The Hall–Kier alpha value is -0.870. The van der Waals surface area contributed by atoms with Crippen molar-refractivity contribution >= 4 is 0 Å². The molecule has 1 rings (SSSR count). The van der Waals surface area contributed by atoms with Crippen molar-refractivity contribution < 1.29 is 4.52 Å². The molecule has 0 atom stereocenters. The number of aromatic nitrogens is 1. The normalized spacial score (nSPS) is 12.3. The molecule has 1 aromatic heterocycles. The third kappa shape index (κ3) is 4.01. The highest BCUT2D eigenvalue weighted by Gasteiger charge is 2.19. The summed E-state index contributed by atoms with van der Waals surface area (Å²) >= 11 is 0. The average molecular weight is 211 g/mol. The van der Waals surface area contributed by atoms with Crippen molar-refractivity contribution in [3.05, 3.63) is 18.0 Å². The minimum atomic E-state index is 0.149. The number of rotatable bonds is 6. The molecule has 0 aliphatic heterocycles. The predicted molar refractivity (Wildman–Crippen MR) is 60.3 cm³/mol. The summed E-state index contributed by atoms with van der Waals surface area (Å²) in [6.07, 6.45) is 1.68. The second-order valence-corrected chi connectivity index (χ2v) is 4.65. The monoisotopic (exact) mass is 211 g/mol. The van der Waals surface area contributed by atoms with Crippen molar-refractivity contribution in [2.24, 2.45) is 11.1 Å². The van der Waals surface area contributed by atoms with Crippen LogP contribution in [0.1, 0.15) is 26.5 Å². The minimum Gasteiger partial charge on any atom is -0.360 e. The number of hydrogen-bond acceptors (Lipinski definition) is 4. The Labute approximate surface area is 91.4 Å². The van der Waals surface area contributed by atoms with Crippen molar-refractivity contribution in [3.8, 4) is 0 Å². The summed E-state index contributed by atoms with van der Waals surface area (Å²) in [6.45, 7) is 9.96. The van der Waals surface area contributed by atoms with Gasteiger partial charge in [-0.2, -0.15) is 0 Å². The van der Waals surface area contributed by atoms with E-state index in [0.717, 1.165) is 25.4 Å². The molecule has 0 fully saturated rings. The second-order valence-electron chi connectivity index (χ2n) is 4.65. The molecule has 15 heavy (non-hydrogen) atoms. The van der Waals surface area contributed by atoms with E-state index < -0.39 is 0 Å². The Balaban J connectivity index is 2.50. The van der Waals surface area contributed by atoms with E-state index >= 15 is 0 Å². The zero-order chi connectivity index (χ0) is 11.3. The van der Waals surface area contributed by atoms with E-state index in [2.05, 4.69) is 30.8 Å². The van der Waals surface area contributed by atoms with Gasteiger partial charge in [-0.05, 0) is 18.5 Å². The lowest BCUT2D eigenvalue weighted by molar-refractivity contribution is 0.168. The van der Waals surface area contributed by atoms with Crippen LogP contribution < -0.4 is 5.73 Å². The van der Waals surface area contributed by atoms with Crippen LogP contribution in [0.5, 0.6) is 0 Å². The van der Waals surface area contributed by atoms with E-state index in [1.807, 2.05) is 6.07 Å². The van der Waals surface area contributed by atoms with Gasteiger partial charge in [-0.15, -0.1) is 0 Å². The first-order valence-electron chi connectivity index (χ1n) is 5.39. The maximum Gasteiger partial charge on any atom is 0.150 e. The lowest BCUT2D eigenvalue weighted by Gasteiger charge is -2.30. The molecule has 2 N–H and O–H groups in total. The van der Waals surface area contributed by atoms with Gasteiger partial charge in [-0.1, -0.05) is 25.9 Å². The SMILES string of the molecule is CCN(Cc1ccno1)CC(C)(C)CN. The Morgan fingerprint density at radius 1 is 1.53 bits per heavy atom. The molecule has 0 aliphatic rings. The highest BCUT2D eigenvalue weighted by molar-refractivity contribution is 4.93. The molecule has 0 saturated heterocycles. The van der Waals surface area contributed by atoms with E-state index in [-0.39, 0.29) is 5.41 Å². The molecule has 4 nitrogen and oxygen atoms in total. The van der Waals surface area contributed by atoms with Crippen LogP contribution in [0.3, 0.4) is 0 Å². The maximum absolute atomic E-state index is 5.72. The number of nitrogens with two attached hydrogens (primary N) is 1. The zero-order valence-electron chi connectivity index (χ0n) is 9.86. The first kappa shape index (κ1) is 12.2. The van der Waals surface area contributed by atoms with Crippen molar-refractivity contribution in [1.29, 1.82) is 0 Å². The smallest absolute Gasteiger partial charge is 0.150 e. The molecule has 0 radical (unpaired) electrons. The largest absolute Gasteiger partial charge is 0.360 e. The van der Waals surface area contributed by atoms with Gasteiger partial charge in [0.2, 0.25) is 0 Å². The van der Waals surface area contributed by atoms with E-state index in [1.54, 1.807) is 6.20 Å². The minimum absolute atomic E-state index is 0.149. The van der Waals surface area contributed by atoms with Crippen LogP contribution in [-0.4, -0.2) is 29.7 Å². The van der Waals surface area contributed by atoms with Crippen molar-refractivity contribution in [2.45, 2.75) is 27.3 Å². The van der Waals surface area contributed by atoms with Crippen molar-refractivity contribution in [2.75, 3.05) is 19.6 Å². The lowest BCUT2D eigenvalue weighted by Crippen LogP contribution is -2.38. The molecule has 0 unspecified atom stereocenters. The van der Waals surface area contributed by atoms with Gasteiger partial charge < -0.3 is 10.3 Å². The fraction of sp³-hybridized carbons (Fsp3) is 0.727. The number of hydrogen-bond donors (Lipinski definition) is 1. The molecule has 86 valence electrons. The first-order chi connectivity index (χ1) is 7.07. The summed E-state index contributed by atoms with van der Waals surface area (Å²) < 4.78 is 5.09. The van der Waals surface area contributed by atoms with Gasteiger partial charge in [0.1, 0.15) is 0 Å². The van der Waals surface area contributed by atoms with Crippen LogP contribution in [0, 0.1) is 5.41 Å². The van der Waals surface area contributed by atoms with E-state index in [1.165, 1.54) is 0 Å². The Morgan fingerprint density at radius 2 is 2.27 bits per heavy atom. The standard InChI is InChI=1S/C11H21N3O/c1-4-14(9-11(2,3)8-12)7-10-5-6-13-15-10/h5-6H,4,7-9,12H2,1-3H3. The van der Waals surface area contributed by atoms with Gasteiger partial charge >= 0.3 is 0 Å². The molecule has 0 saturated carbocycles. The van der Waals surface area contributed by atoms with Crippen molar-refractivity contribution in [3.63, 3.8) is 0 Å². The maximum atomic E-state index is 5.72. The molecule has 4 heteroatoms. The Bertz CT molecular complexity index is 269. The lowest BCUT2D eigenvalue weighted by atomic mass is 9.93. The van der Waals surface area contributed by atoms with Gasteiger partial charge in [0, 0.05) is 12.6 Å². The highest BCUT2D eigenvalue weighted by atomic mass is 16.5. The van der Waals surface area contributed by atoms with Gasteiger partial charge in [0.05, 0.1) is 12.7 Å². The van der Waals surface area contributed by atoms with Crippen LogP contribution in [0.25, 0.3) is 0 Å². The zero-order valence-corrected chi connectivity index (χ0v) is 9.86. The molecular weight excluding hydrogens is 190 g/mol. The van der Waals surface area contributed by atoms with Crippen LogP contribution in [0.4, 0.5) is 0 Å². The van der Waals surface area contributed by atoms with Crippen LogP contribution in [-0.2, 0) is 6.54 Å². The molecule has 0 spiro atoms. The first-order valence-corrected chi connectivity index (χ1v) is 5.39. The van der Waals surface area contributed by atoms with Gasteiger partial charge in [0.25, 0.3) is 0 Å². The summed E-state index contributed by atoms with van der Waals surface area (Å²) in [5.41, 5.74) is 5.87. The molecule has 0 bridgehead atoms.